The van der Waals surface area contributed by atoms with E-state index in [4.69, 9.17) is 11.6 Å². The van der Waals surface area contributed by atoms with Crippen LogP contribution in [0.5, 0.6) is 0 Å². The summed E-state index contributed by atoms with van der Waals surface area (Å²) in [6, 6.07) is 4.58. The summed E-state index contributed by atoms with van der Waals surface area (Å²) >= 11 is 5.78. The average molecular weight is 306 g/mol. The van der Waals surface area contributed by atoms with E-state index >= 15 is 0 Å². The Hall–Kier alpha value is -0.650. The molecule has 2 rings (SSSR count). The Balaban J connectivity index is 2.15. The highest BCUT2D eigenvalue weighted by atomic mass is 35.5. The van der Waals surface area contributed by atoms with Gasteiger partial charge in [0.25, 0.3) is 0 Å². The Morgan fingerprint density at radius 1 is 1.53 bits per heavy atom. The van der Waals surface area contributed by atoms with Gasteiger partial charge in [-0.1, -0.05) is 30.7 Å². The molecule has 0 unspecified atom stereocenters. The standard InChI is InChI=1S/C13H17ClFNO2S/c1-2-12(10-4-3-5-11(14)13(10)15)16-9-6-7-19(17,18)8-9/h3-5,9,12,16H,2,6-8H2,1H3/t9-,12+/m1/s1. The molecule has 0 aromatic heterocycles. The summed E-state index contributed by atoms with van der Waals surface area (Å²) in [4.78, 5) is 0. The molecule has 1 N–H and O–H groups in total. The largest absolute Gasteiger partial charge is 0.306 e. The molecule has 1 aromatic carbocycles. The molecular formula is C13H17ClFNO2S. The van der Waals surface area contributed by atoms with Gasteiger partial charge in [0, 0.05) is 17.6 Å². The molecule has 1 heterocycles. The molecule has 1 saturated heterocycles. The van der Waals surface area contributed by atoms with Gasteiger partial charge >= 0.3 is 0 Å². The van der Waals surface area contributed by atoms with Gasteiger partial charge in [-0.2, -0.15) is 0 Å². The minimum absolute atomic E-state index is 0.0943. The van der Waals surface area contributed by atoms with Crippen LogP contribution in [0.2, 0.25) is 5.02 Å². The molecule has 0 bridgehead atoms. The van der Waals surface area contributed by atoms with E-state index in [2.05, 4.69) is 5.32 Å². The number of nitrogens with one attached hydrogen (secondary N) is 1. The van der Waals surface area contributed by atoms with Crippen molar-refractivity contribution in [3.05, 3.63) is 34.6 Å². The van der Waals surface area contributed by atoms with Crippen molar-refractivity contribution < 1.29 is 12.8 Å². The third kappa shape index (κ3) is 3.46. The Bertz CT molecular complexity index is 562. The van der Waals surface area contributed by atoms with Gasteiger partial charge in [0.05, 0.1) is 16.5 Å². The number of rotatable bonds is 4. The SMILES string of the molecule is CC[C@H](N[C@@H]1CCS(=O)(=O)C1)c1cccc(Cl)c1F. The molecule has 106 valence electrons. The first-order chi connectivity index (χ1) is 8.93. The van der Waals surface area contributed by atoms with Crippen molar-refractivity contribution in [2.45, 2.75) is 31.8 Å². The lowest BCUT2D eigenvalue weighted by atomic mass is 10.0. The number of sulfone groups is 1. The van der Waals surface area contributed by atoms with Crippen LogP contribution < -0.4 is 5.32 Å². The van der Waals surface area contributed by atoms with Gasteiger partial charge in [-0.05, 0) is 18.9 Å². The number of benzene rings is 1. The predicted molar refractivity (Wildman–Crippen MR) is 74.6 cm³/mol. The zero-order valence-corrected chi connectivity index (χ0v) is 12.3. The molecule has 0 amide bonds. The molecule has 19 heavy (non-hydrogen) atoms. The van der Waals surface area contributed by atoms with Gasteiger partial charge in [0.2, 0.25) is 0 Å². The van der Waals surface area contributed by atoms with Crippen molar-refractivity contribution in [1.82, 2.24) is 5.32 Å². The van der Waals surface area contributed by atoms with Crippen molar-refractivity contribution in [3.8, 4) is 0 Å². The normalized spacial score (nSPS) is 23.4. The molecule has 1 aliphatic heterocycles. The van der Waals surface area contributed by atoms with Gasteiger partial charge in [-0.3, -0.25) is 0 Å². The van der Waals surface area contributed by atoms with Crippen LogP contribution in [0.3, 0.4) is 0 Å². The quantitative estimate of drug-likeness (QED) is 0.930. The summed E-state index contributed by atoms with van der Waals surface area (Å²) < 4.78 is 36.8. The summed E-state index contributed by atoms with van der Waals surface area (Å²) in [5.74, 6) is -0.0884. The molecule has 1 fully saturated rings. The molecular weight excluding hydrogens is 289 g/mol. The van der Waals surface area contributed by atoms with E-state index in [-0.39, 0.29) is 28.6 Å². The predicted octanol–water partition coefficient (Wildman–Crippen LogP) is 2.71. The lowest BCUT2D eigenvalue weighted by Crippen LogP contribution is -2.34. The van der Waals surface area contributed by atoms with Crippen molar-refractivity contribution >= 4 is 21.4 Å². The highest BCUT2D eigenvalue weighted by Crippen LogP contribution is 2.26. The fraction of sp³-hybridized carbons (Fsp3) is 0.538. The van der Waals surface area contributed by atoms with Crippen LogP contribution in [-0.4, -0.2) is 26.0 Å². The van der Waals surface area contributed by atoms with Crippen LogP contribution in [0, 0.1) is 5.82 Å². The highest BCUT2D eigenvalue weighted by Gasteiger charge is 2.30. The van der Waals surface area contributed by atoms with Crippen molar-refractivity contribution in [2.24, 2.45) is 0 Å². The van der Waals surface area contributed by atoms with Gasteiger partial charge in [-0.25, -0.2) is 12.8 Å². The fourth-order valence-electron chi connectivity index (χ4n) is 2.43. The van der Waals surface area contributed by atoms with Crippen LogP contribution in [0.15, 0.2) is 18.2 Å². The van der Waals surface area contributed by atoms with Crippen LogP contribution in [-0.2, 0) is 9.84 Å². The molecule has 0 radical (unpaired) electrons. The van der Waals surface area contributed by atoms with E-state index in [0.717, 1.165) is 0 Å². The first-order valence-electron chi connectivity index (χ1n) is 6.33. The molecule has 2 atom stereocenters. The van der Waals surface area contributed by atoms with Gasteiger partial charge < -0.3 is 5.32 Å². The zero-order chi connectivity index (χ0) is 14.0. The van der Waals surface area contributed by atoms with Gasteiger partial charge in [0.1, 0.15) is 5.82 Å². The van der Waals surface area contributed by atoms with E-state index in [0.29, 0.717) is 18.4 Å². The second kappa shape index (κ2) is 5.77. The van der Waals surface area contributed by atoms with Crippen LogP contribution in [0.4, 0.5) is 4.39 Å². The second-order valence-electron chi connectivity index (χ2n) is 4.87. The maximum absolute atomic E-state index is 14.0. The lowest BCUT2D eigenvalue weighted by Gasteiger charge is -2.22. The summed E-state index contributed by atoms with van der Waals surface area (Å²) in [7, 11) is -2.93. The Morgan fingerprint density at radius 2 is 2.26 bits per heavy atom. The number of hydrogen-bond donors (Lipinski definition) is 1. The maximum Gasteiger partial charge on any atom is 0.151 e. The molecule has 6 heteroatoms. The Labute approximate surface area is 118 Å². The zero-order valence-electron chi connectivity index (χ0n) is 10.7. The first kappa shape index (κ1) is 14.8. The number of hydrogen-bond acceptors (Lipinski definition) is 3. The van der Waals surface area contributed by atoms with Crippen LogP contribution >= 0.6 is 11.6 Å². The van der Waals surface area contributed by atoms with Crippen molar-refractivity contribution in [3.63, 3.8) is 0 Å². The fourth-order valence-corrected chi connectivity index (χ4v) is 4.30. The van der Waals surface area contributed by atoms with E-state index in [1.54, 1.807) is 12.1 Å². The average Bonchev–Trinajstić information content (AvgIpc) is 2.70. The van der Waals surface area contributed by atoms with Gasteiger partial charge in [0.15, 0.2) is 9.84 Å². The lowest BCUT2D eigenvalue weighted by molar-refractivity contribution is 0.434. The highest BCUT2D eigenvalue weighted by molar-refractivity contribution is 7.91. The van der Waals surface area contributed by atoms with Crippen molar-refractivity contribution in [2.75, 3.05) is 11.5 Å². The van der Waals surface area contributed by atoms with E-state index in [9.17, 15) is 12.8 Å². The molecule has 0 spiro atoms. The molecule has 1 aliphatic rings. The summed E-state index contributed by atoms with van der Waals surface area (Å²) in [5.41, 5.74) is 0.499. The third-order valence-corrected chi connectivity index (χ3v) is 5.49. The molecule has 3 nitrogen and oxygen atoms in total. The Kier molecular flexibility index (Phi) is 4.48. The molecule has 0 aliphatic carbocycles. The topological polar surface area (TPSA) is 46.2 Å². The maximum atomic E-state index is 14.0. The monoisotopic (exact) mass is 305 g/mol. The smallest absolute Gasteiger partial charge is 0.151 e. The number of halogens is 2. The van der Waals surface area contributed by atoms with Gasteiger partial charge in [-0.15, -0.1) is 0 Å². The van der Waals surface area contributed by atoms with E-state index in [1.165, 1.54) is 6.07 Å². The molecule has 1 aromatic rings. The summed E-state index contributed by atoms with van der Waals surface area (Å²) in [6.45, 7) is 1.93. The molecule has 0 saturated carbocycles. The summed E-state index contributed by atoms with van der Waals surface area (Å²) in [6.07, 6.45) is 1.26. The van der Waals surface area contributed by atoms with Crippen LogP contribution in [0.1, 0.15) is 31.4 Å². The Morgan fingerprint density at radius 3 is 2.84 bits per heavy atom. The minimum atomic E-state index is -2.93. The summed E-state index contributed by atoms with van der Waals surface area (Å²) in [5, 5.41) is 3.32. The van der Waals surface area contributed by atoms with E-state index in [1.807, 2.05) is 6.92 Å². The van der Waals surface area contributed by atoms with Crippen molar-refractivity contribution in [1.29, 1.82) is 0 Å². The van der Waals surface area contributed by atoms with E-state index < -0.39 is 15.7 Å². The third-order valence-electron chi connectivity index (χ3n) is 3.43. The van der Waals surface area contributed by atoms with Crippen LogP contribution in [0.25, 0.3) is 0 Å². The first-order valence-corrected chi connectivity index (χ1v) is 8.53. The second-order valence-corrected chi connectivity index (χ2v) is 7.51. The minimum Gasteiger partial charge on any atom is -0.306 e.